The van der Waals surface area contributed by atoms with E-state index in [1.54, 1.807) is 36.2 Å². The van der Waals surface area contributed by atoms with Gasteiger partial charge in [-0.2, -0.15) is 10.2 Å². The molecular formula is C27H31ClFN7O3. The molecule has 4 rings (SSSR count). The van der Waals surface area contributed by atoms with Crippen LogP contribution in [-0.4, -0.2) is 75.3 Å². The number of anilines is 3. The zero-order chi connectivity index (χ0) is 28.2. The molecule has 0 saturated carbocycles. The van der Waals surface area contributed by atoms with E-state index in [2.05, 4.69) is 25.8 Å². The van der Waals surface area contributed by atoms with Crippen LogP contribution >= 0.6 is 11.6 Å². The van der Waals surface area contributed by atoms with E-state index in [-0.39, 0.29) is 24.1 Å². The van der Waals surface area contributed by atoms with E-state index in [1.807, 2.05) is 25.7 Å². The van der Waals surface area contributed by atoms with E-state index in [1.165, 1.54) is 18.2 Å². The topological polar surface area (TPSA) is 113 Å². The van der Waals surface area contributed by atoms with Crippen LogP contribution in [0.4, 0.5) is 26.4 Å². The maximum Gasteiger partial charge on any atom is 0.410 e. The molecule has 0 bridgehead atoms. The number of rotatable bonds is 6. The minimum atomic E-state index is -0.548. The van der Waals surface area contributed by atoms with Crippen molar-refractivity contribution in [1.29, 1.82) is 0 Å². The van der Waals surface area contributed by atoms with E-state index in [0.717, 1.165) is 0 Å². The number of nitrogens with one attached hydrogen (secondary N) is 2. The lowest BCUT2D eigenvalue weighted by atomic mass is 10.1. The van der Waals surface area contributed by atoms with Crippen molar-refractivity contribution >= 4 is 40.8 Å². The van der Waals surface area contributed by atoms with E-state index >= 15 is 0 Å². The SMILES string of the molecule is Cc1nnc(-c2cc(Cl)ccc2F)cc1Nc1ccnc(NC(=O)CN2CCN(C(=O)OC(C)(C)C)CC2)c1. The first-order chi connectivity index (χ1) is 18.5. The molecule has 2 N–H and O–H groups in total. The van der Waals surface area contributed by atoms with Crippen molar-refractivity contribution in [3.63, 3.8) is 0 Å². The second-order valence-electron chi connectivity index (χ2n) is 10.2. The van der Waals surface area contributed by atoms with Crippen LogP contribution in [0.25, 0.3) is 11.3 Å². The van der Waals surface area contributed by atoms with Crippen LogP contribution in [0.1, 0.15) is 26.5 Å². The second kappa shape index (κ2) is 11.9. The molecule has 1 aromatic carbocycles. The summed E-state index contributed by atoms with van der Waals surface area (Å²) < 4.78 is 19.8. The van der Waals surface area contributed by atoms with Crippen molar-refractivity contribution in [2.75, 3.05) is 43.4 Å². The smallest absolute Gasteiger partial charge is 0.410 e. The molecule has 12 heteroatoms. The number of aryl methyl sites for hydroxylation is 1. The summed E-state index contributed by atoms with van der Waals surface area (Å²) in [5.41, 5.74) is 1.90. The average molecular weight is 556 g/mol. The lowest BCUT2D eigenvalue weighted by molar-refractivity contribution is -0.117. The van der Waals surface area contributed by atoms with Crippen molar-refractivity contribution < 1.29 is 18.7 Å². The highest BCUT2D eigenvalue weighted by Crippen LogP contribution is 2.28. The van der Waals surface area contributed by atoms with Crippen molar-refractivity contribution in [3.05, 3.63) is 59.1 Å². The third-order valence-corrected chi connectivity index (χ3v) is 6.12. The molecule has 1 fully saturated rings. The highest BCUT2D eigenvalue weighted by atomic mass is 35.5. The van der Waals surface area contributed by atoms with Crippen LogP contribution in [0.15, 0.2) is 42.6 Å². The molecule has 3 heterocycles. The number of benzene rings is 1. The fraction of sp³-hybridized carbons (Fsp3) is 0.370. The van der Waals surface area contributed by atoms with Crippen LogP contribution in [0, 0.1) is 12.7 Å². The van der Waals surface area contributed by atoms with Crippen molar-refractivity contribution in [3.8, 4) is 11.3 Å². The van der Waals surface area contributed by atoms with Crippen LogP contribution in [-0.2, 0) is 9.53 Å². The Bertz CT molecular complexity index is 1360. The third kappa shape index (κ3) is 7.84. The highest BCUT2D eigenvalue weighted by Gasteiger charge is 2.26. The molecule has 10 nitrogen and oxygen atoms in total. The zero-order valence-corrected chi connectivity index (χ0v) is 23.0. The summed E-state index contributed by atoms with van der Waals surface area (Å²) >= 11 is 6.03. The fourth-order valence-corrected chi connectivity index (χ4v) is 4.11. The van der Waals surface area contributed by atoms with Gasteiger partial charge in [-0.1, -0.05) is 11.6 Å². The number of carbonyl (C=O) groups excluding carboxylic acids is 2. The lowest BCUT2D eigenvalue weighted by Crippen LogP contribution is -2.51. The number of hydrogen-bond donors (Lipinski definition) is 2. The van der Waals surface area contributed by atoms with Crippen LogP contribution in [0.5, 0.6) is 0 Å². The van der Waals surface area contributed by atoms with Gasteiger partial charge in [-0.25, -0.2) is 14.2 Å². The maximum atomic E-state index is 14.3. The van der Waals surface area contributed by atoms with E-state index in [9.17, 15) is 14.0 Å². The molecule has 0 spiro atoms. The minimum absolute atomic E-state index is 0.170. The van der Waals surface area contributed by atoms with Crippen molar-refractivity contribution in [2.45, 2.75) is 33.3 Å². The van der Waals surface area contributed by atoms with E-state index in [0.29, 0.717) is 59.8 Å². The molecular weight excluding hydrogens is 525 g/mol. The number of nitrogens with zero attached hydrogens (tertiary/aromatic N) is 5. The summed E-state index contributed by atoms with van der Waals surface area (Å²) in [4.78, 5) is 32.8. The second-order valence-corrected chi connectivity index (χ2v) is 10.6. The van der Waals surface area contributed by atoms with Gasteiger partial charge in [0, 0.05) is 54.7 Å². The minimum Gasteiger partial charge on any atom is -0.444 e. The number of carbonyl (C=O) groups is 2. The molecule has 0 aliphatic carbocycles. The molecule has 1 saturated heterocycles. The molecule has 3 aromatic rings. The Morgan fingerprint density at radius 3 is 2.54 bits per heavy atom. The monoisotopic (exact) mass is 555 g/mol. The van der Waals surface area contributed by atoms with Gasteiger partial charge in [0.15, 0.2) is 0 Å². The van der Waals surface area contributed by atoms with Gasteiger partial charge >= 0.3 is 6.09 Å². The number of aromatic nitrogens is 3. The predicted molar refractivity (Wildman–Crippen MR) is 148 cm³/mol. The molecule has 206 valence electrons. The first kappa shape index (κ1) is 28.2. The summed E-state index contributed by atoms with van der Waals surface area (Å²) in [6, 6.07) is 9.37. The largest absolute Gasteiger partial charge is 0.444 e. The van der Waals surface area contributed by atoms with Gasteiger partial charge in [0.1, 0.15) is 17.2 Å². The number of piperazine rings is 1. The average Bonchev–Trinajstić information content (AvgIpc) is 2.86. The standard InChI is InChI=1S/C27H31ClFN7O3/c1-17-22(15-23(34-33-17)20-13-18(28)5-6-21(20)29)31-19-7-8-30-24(14-19)32-25(37)16-35-9-11-36(12-10-35)26(38)39-27(2,3)4/h5-8,13-15H,9-12,16H2,1-4H3,(H2,30,31,32,34,37). The van der Waals surface area contributed by atoms with Crippen molar-refractivity contribution in [1.82, 2.24) is 25.0 Å². The van der Waals surface area contributed by atoms with Gasteiger partial charge in [0.25, 0.3) is 0 Å². The Morgan fingerprint density at radius 1 is 1.08 bits per heavy atom. The van der Waals surface area contributed by atoms with Crippen LogP contribution in [0.2, 0.25) is 5.02 Å². The Morgan fingerprint density at radius 2 is 1.82 bits per heavy atom. The molecule has 1 aliphatic heterocycles. The molecule has 39 heavy (non-hydrogen) atoms. The normalized spacial score (nSPS) is 14.2. The summed E-state index contributed by atoms with van der Waals surface area (Å²) in [5, 5.41) is 14.7. The van der Waals surface area contributed by atoms with Gasteiger partial charge in [-0.3, -0.25) is 9.69 Å². The molecule has 0 atom stereocenters. The summed E-state index contributed by atoms with van der Waals surface area (Å²) in [6.07, 6.45) is 1.23. The number of halogens is 2. The van der Waals surface area contributed by atoms with Crippen molar-refractivity contribution in [2.24, 2.45) is 0 Å². The Balaban J connectivity index is 1.35. The van der Waals surface area contributed by atoms with Gasteiger partial charge in [-0.15, -0.1) is 0 Å². The number of ether oxygens (including phenoxy) is 1. The van der Waals surface area contributed by atoms with E-state index in [4.69, 9.17) is 16.3 Å². The quantitative estimate of drug-likeness (QED) is 0.443. The van der Waals surface area contributed by atoms with Gasteiger partial charge in [0.05, 0.1) is 23.6 Å². The number of amides is 2. The van der Waals surface area contributed by atoms with E-state index < -0.39 is 11.4 Å². The fourth-order valence-electron chi connectivity index (χ4n) is 3.94. The van der Waals surface area contributed by atoms with Crippen LogP contribution in [0.3, 0.4) is 0 Å². The molecule has 1 aliphatic rings. The third-order valence-electron chi connectivity index (χ3n) is 5.88. The zero-order valence-electron chi connectivity index (χ0n) is 22.3. The van der Waals surface area contributed by atoms with Crippen LogP contribution < -0.4 is 10.6 Å². The maximum absolute atomic E-state index is 14.3. The Kier molecular flexibility index (Phi) is 8.61. The molecule has 0 radical (unpaired) electrons. The predicted octanol–water partition coefficient (Wildman–Crippen LogP) is 4.87. The number of pyridine rings is 1. The summed E-state index contributed by atoms with van der Waals surface area (Å²) in [6.45, 7) is 9.54. The molecule has 0 unspecified atom stereocenters. The molecule has 2 amide bonds. The first-order valence-corrected chi connectivity index (χ1v) is 12.9. The lowest BCUT2D eigenvalue weighted by Gasteiger charge is -2.35. The molecule has 2 aromatic heterocycles. The Labute approximate surface area is 231 Å². The van der Waals surface area contributed by atoms with Gasteiger partial charge in [0.2, 0.25) is 5.91 Å². The van der Waals surface area contributed by atoms with Gasteiger partial charge in [-0.05, 0) is 58.0 Å². The number of hydrogen-bond acceptors (Lipinski definition) is 8. The Hall–Kier alpha value is -3.83. The van der Waals surface area contributed by atoms with Gasteiger partial charge < -0.3 is 20.3 Å². The summed E-state index contributed by atoms with van der Waals surface area (Å²) in [5.74, 6) is -0.298. The highest BCUT2D eigenvalue weighted by molar-refractivity contribution is 6.30. The first-order valence-electron chi connectivity index (χ1n) is 12.5. The summed E-state index contributed by atoms with van der Waals surface area (Å²) in [7, 11) is 0.